The van der Waals surface area contributed by atoms with E-state index >= 15 is 0 Å². The van der Waals surface area contributed by atoms with Crippen molar-refractivity contribution >= 4 is 34.5 Å². The van der Waals surface area contributed by atoms with Crippen LogP contribution in [0.3, 0.4) is 0 Å². The molecule has 0 atom stereocenters. The molecule has 2 aromatic carbocycles. The van der Waals surface area contributed by atoms with Crippen molar-refractivity contribution in [1.82, 2.24) is 5.16 Å². The lowest BCUT2D eigenvalue weighted by atomic mass is 10.1. The van der Waals surface area contributed by atoms with Gasteiger partial charge in [-0.2, -0.15) is 0 Å². The molecule has 7 heteroatoms. The average Bonchev–Trinajstić information content (AvgIpc) is 3.54. The number of amides is 2. The van der Waals surface area contributed by atoms with Gasteiger partial charge in [0.15, 0.2) is 11.5 Å². The first-order valence-corrected chi connectivity index (χ1v) is 10.4. The van der Waals surface area contributed by atoms with Gasteiger partial charge in [-0.05, 0) is 35.6 Å². The van der Waals surface area contributed by atoms with E-state index in [0.717, 1.165) is 23.2 Å². The van der Waals surface area contributed by atoms with Crippen molar-refractivity contribution in [2.75, 3.05) is 16.8 Å². The Bertz CT molecular complexity index is 1220. The Morgan fingerprint density at radius 3 is 2.70 bits per heavy atom. The fraction of sp³-hybridized carbons (Fsp3) is 0.0870. The van der Waals surface area contributed by atoms with E-state index in [1.165, 1.54) is 11.3 Å². The van der Waals surface area contributed by atoms with E-state index in [2.05, 4.69) is 10.5 Å². The van der Waals surface area contributed by atoms with Crippen LogP contribution < -0.4 is 10.2 Å². The molecular formula is C23H17N3O3S. The van der Waals surface area contributed by atoms with Crippen molar-refractivity contribution in [2.45, 2.75) is 6.42 Å². The average molecular weight is 415 g/mol. The summed E-state index contributed by atoms with van der Waals surface area (Å²) in [4.78, 5) is 27.9. The second-order valence-corrected chi connectivity index (χ2v) is 7.87. The molecule has 30 heavy (non-hydrogen) atoms. The van der Waals surface area contributed by atoms with Crippen LogP contribution >= 0.6 is 11.3 Å². The molecule has 4 aromatic rings. The summed E-state index contributed by atoms with van der Waals surface area (Å²) >= 11 is 1.43. The molecule has 2 amide bonds. The van der Waals surface area contributed by atoms with Crippen molar-refractivity contribution in [3.05, 3.63) is 88.2 Å². The quantitative estimate of drug-likeness (QED) is 0.517. The third-order valence-electron chi connectivity index (χ3n) is 5.02. The molecule has 0 radical (unpaired) electrons. The number of fused-ring (bicyclic) bond motifs is 1. The lowest BCUT2D eigenvalue weighted by Gasteiger charge is -2.17. The molecule has 1 aliphatic rings. The lowest BCUT2D eigenvalue weighted by Crippen LogP contribution is -2.28. The highest BCUT2D eigenvalue weighted by atomic mass is 32.1. The molecule has 148 valence electrons. The van der Waals surface area contributed by atoms with Crippen LogP contribution in [0.5, 0.6) is 0 Å². The normalized spacial score (nSPS) is 12.6. The molecular weight excluding hydrogens is 398 g/mol. The molecule has 6 nitrogen and oxygen atoms in total. The van der Waals surface area contributed by atoms with Crippen LogP contribution in [-0.2, 0) is 6.42 Å². The van der Waals surface area contributed by atoms with Gasteiger partial charge in [0, 0.05) is 29.5 Å². The summed E-state index contributed by atoms with van der Waals surface area (Å²) in [6, 6.07) is 20.4. The molecule has 3 heterocycles. The van der Waals surface area contributed by atoms with Crippen LogP contribution in [0.2, 0.25) is 0 Å². The highest BCUT2D eigenvalue weighted by Crippen LogP contribution is 2.33. The number of anilines is 2. The monoisotopic (exact) mass is 415 g/mol. The van der Waals surface area contributed by atoms with E-state index in [1.807, 2.05) is 66.0 Å². The Morgan fingerprint density at radius 2 is 1.90 bits per heavy atom. The molecule has 1 aliphatic heterocycles. The number of nitrogens with zero attached hydrogens (tertiary/aromatic N) is 2. The fourth-order valence-electron chi connectivity index (χ4n) is 3.52. The van der Waals surface area contributed by atoms with Crippen LogP contribution in [0.15, 0.2) is 76.6 Å². The number of thiophene rings is 1. The van der Waals surface area contributed by atoms with E-state index in [4.69, 9.17) is 4.52 Å². The Hall–Kier alpha value is -3.71. The first kappa shape index (κ1) is 18.3. The van der Waals surface area contributed by atoms with Crippen molar-refractivity contribution in [1.29, 1.82) is 0 Å². The van der Waals surface area contributed by atoms with Gasteiger partial charge in [0.2, 0.25) is 0 Å². The first-order chi connectivity index (χ1) is 14.7. The number of carbonyl (C=O) groups excluding carboxylic acids is 2. The minimum atomic E-state index is -0.366. The Balaban J connectivity index is 1.35. The number of aromatic nitrogens is 1. The molecule has 0 saturated carbocycles. The van der Waals surface area contributed by atoms with Gasteiger partial charge in [-0.25, -0.2) is 0 Å². The largest absolute Gasteiger partial charge is 0.355 e. The van der Waals surface area contributed by atoms with E-state index in [1.54, 1.807) is 11.0 Å². The predicted molar refractivity (Wildman–Crippen MR) is 116 cm³/mol. The Kier molecular flexibility index (Phi) is 4.65. The second kappa shape index (κ2) is 7.61. The Labute approximate surface area is 176 Å². The summed E-state index contributed by atoms with van der Waals surface area (Å²) in [6.45, 7) is 0.632. The van der Waals surface area contributed by atoms with E-state index in [0.29, 0.717) is 22.9 Å². The van der Waals surface area contributed by atoms with Crippen LogP contribution in [0.1, 0.15) is 25.7 Å². The van der Waals surface area contributed by atoms with Crippen molar-refractivity contribution < 1.29 is 14.1 Å². The Morgan fingerprint density at radius 1 is 1.03 bits per heavy atom. The number of nitrogens with one attached hydrogen (secondary N) is 1. The number of benzene rings is 2. The predicted octanol–water partition coefficient (Wildman–Crippen LogP) is 4.86. The lowest BCUT2D eigenvalue weighted by molar-refractivity contribution is 0.0991. The van der Waals surface area contributed by atoms with Gasteiger partial charge in [-0.15, -0.1) is 11.3 Å². The molecule has 0 bridgehead atoms. The SMILES string of the molecule is O=C(Nc1ccc2c(c1)N(C(=O)c1cccs1)CC2)c1cc(-c2ccccc2)on1. The minimum absolute atomic E-state index is 0.0174. The highest BCUT2D eigenvalue weighted by molar-refractivity contribution is 7.12. The second-order valence-electron chi connectivity index (χ2n) is 6.92. The summed E-state index contributed by atoms with van der Waals surface area (Å²) in [7, 11) is 0. The molecule has 1 N–H and O–H groups in total. The molecule has 0 aliphatic carbocycles. The third-order valence-corrected chi connectivity index (χ3v) is 5.87. The van der Waals surface area contributed by atoms with Crippen molar-refractivity contribution in [3.8, 4) is 11.3 Å². The van der Waals surface area contributed by atoms with Gasteiger partial charge >= 0.3 is 0 Å². The van der Waals surface area contributed by atoms with Gasteiger partial charge in [0.25, 0.3) is 11.8 Å². The van der Waals surface area contributed by atoms with Crippen LogP contribution in [0.25, 0.3) is 11.3 Å². The van der Waals surface area contributed by atoms with E-state index in [-0.39, 0.29) is 17.5 Å². The van der Waals surface area contributed by atoms with E-state index < -0.39 is 0 Å². The van der Waals surface area contributed by atoms with Crippen molar-refractivity contribution in [2.24, 2.45) is 0 Å². The van der Waals surface area contributed by atoms with Gasteiger partial charge < -0.3 is 14.7 Å². The summed E-state index contributed by atoms with van der Waals surface area (Å²) in [6.07, 6.45) is 0.796. The van der Waals surface area contributed by atoms with Gasteiger partial charge in [0.1, 0.15) is 0 Å². The van der Waals surface area contributed by atoms with Crippen LogP contribution in [-0.4, -0.2) is 23.5 Å². The maximum atomic E-state index is 12.8. The zero-order valence-electron chi connectivity index (χ0n) is 15.9. The zero-order valence-corrected chi connectivity index (χ0v) is 16.7. The smallest absolute Gasteiger partial charge is 0.277 e. The zero-order chi connectivity index (χ0) is 20.5. The summed E-state index contributed by atoms with van der Waals surface area (Å²) in [5, 5.41) is 8.63. The summed E-state index contributed by atoms with van der Waals surface area (Å²) in [5.41, 5.74) is 3.57. The molecule has 5 rings (SSSR count). The fourth-order valence-corrected chi connectivity index (χ4v) is 4.19. The maximum absolute atomic E-state index is 12.8. The topological polar surface area (TPSA) is 75.4 Å². The maximum Gasteiger partial charge on any atom is 0.277 e. The first-order valence-electron chi connectivity index (χ1n) is 9.51. The molecule has 0 spiro atoms. The van der Waals surface area contributed by atoms with Gasteiger partial charge in [-0.3, -0.25) is 9.59 Å². The number of hydrogen-bond donors (Lipinski definition) is 1. The molecule has 2 aromatic heterocycles. The van der Waals surface area contributed by atoms with Crippen molar-refractivity contribution in [3.63, 3.8) is 0 Å². The van der Waals surface area contributed by atoms with E-state index in [9.17, 15) is 9.59 Å². The number of hydrogen-bond acceptors (Lipinski definition) is 5. The molecule has 0 fully saturated rings. The van der Waals surface area contributed by atoms with Gasteiger partial charge in [0.05, 0.1) is 4.88 Å². The van der Waals surface area contributed by atoms with Crippen LogP contribution in [0, 0.1) is 0 Å². The number of carbonyl (C=O) groups is 2. The highest BCUT2D eigenvalue weighted by Gasteiger charge is 2.26. The minimum Gasteiger partial charge on any atom is -0.355 e. The summed E-state index contributed by atoms with van der Waals surface area (Å²) < 4.78 is 5.31. The number of rotatable bonds is 4. The van der Waals surface area contributed by atoms with Crippen LogP contribution in [0.4, 0.5) is 11.4 Å². The molecule has 0 unspecified atom stereocenters. The molecule has 0 saturated heterocycles. The third kappa shape index (κ3) is 3.40. The van der Waals surface area contributed by atoms with Gasteiger partial charge in [-0.1, -0.05) is 47.6 Å². The summed E-state index contributed by atoms with van der Waals surface area (Å²) in [5.74, 6) is 0.147. The standard InChI is InChI=1S/C23H17N3O3S/c27-22(18-14-20(29-25-18)16-5-2-1-3-6-16)24-17-9-8-15-10-11-26(19(15)13-17)23(28)21-7-4-12-30-21/h1-9,12-14H,10-11H2,(H,24,27).